The van der Waals surface area contributed by atoms with Gasteiger partial charge in [0.25, 0.3) is 5.91 Å². The van der Waals surface area contributed by atoms with Crippen LogP contribution in [0.4, 0.5) is 4.39 Å². The summed E-state index contributed by atoms with van der Waals surface area (Å²) in [6.45, 7) is 0.542. The molecule has 0 spiro atoms. The topological polar surface area (TPSA) is 42.4 Å². The van der Waals surface area contributed by atoms with E-state index in [2.05, 4.69) is 4.98 Å². The van der Waals surface area contributed by atoms with Crippen LogP contribution in [-0.4, -0.2) is 28.9 Å². The van der Waals surface area contributed by atoms with Crippen LogP contribution >= 0.6 is 11.3 Å². The summed E-state index contributed by atoms with van der Waals surface area (Å²) in [6, 6.07) is 14.5. The highest BCUT2D eigenvalue weighted by Crippen LogP contribution is 2.33. The van der Waals surface area contributed by atoms with Crippen LogP contribution < -0.4 is 4.74 Å². The van der Waals surface area contributed by atoms with Gasteiger partial charge in [0.15, 0.2) is 0 Å². The number of ether oxygens (including phenoxy) is 1. The second-order valence-corrected chi connectivity index (χ2v) is 7.55. The van der Waals surface area contributed by atoms with Gasteiger partial charge in [-0.15, -0.1) is 11.3 Å². The number of thiazole rings is 1. The molecule has 0 unspecified atom stereocenters. The molecule has 1 aromatic heterocycles. The Morgan fingerprint density at radius 2 is 1.96 bits per heavy atom. The predicted octanol–water partition coefficient (Wildman–Crippen LogP) is 4.76. The molecule has 0 radical (unpaired) electrons. The van der Waals surface area contributed by atoms with E-state index < -0.39 is 0 Å². The fourth-order valence-electron chi connectivity index (χ4n) is 2.95. The van der Waals surface area contributed by atoms with E-state index in [1.807, 2.05) is 29.2 Å². The van der Waals surface area contributed by atoms with Gasteiger partial charge in [-0.25, -0.2) is 9.37 Å². The highest BCUT2D eigenvalue weighted by Gasteiger charge is 2.34. The Hall–Kier alpha value is -2.73. The lowest BCUT2D eigenvalue weighted by Crippen LogP contribution is -2.32. The lowest BCUT2D eigenvalue weighted by atomic mass is 10.2. The Kier molecular flexibility index (Phi) is 4.90. The third-order valence-electron chi connectivity index (χ3n) is 4.58. The first-order valence-electron chi connectivity index (χ1n) is 8.80. The number of nitrogens with zero attached hydrogens (tertiary/aromatic N) is 2. The van der Waals surface area contributed by atoms with Crippen molar-refractivity contribution in [3.05, 3.63) is 71.0 Å². The van der Waals surface area contributed by atoms with Gasteiger partial charge in [0, 0.05) is 18.2 Å². The Morgan fingerprint density at radius 1 is 1.22 bits per heavy atom. The summed E-state index contributed by atoms with van der Waals surface area (Å²) in [5, 5.41) is 0.525. The van der Waals surface area contributed by atoms with Gasteiger partial charge < -0.3 is 9.64 Å². The van der Waals surface area contributed by atoms with Crippen molar-refractivity contribution in [2.75, 3.05) is 7.11 Å². The van der Waals surface area contributed by atoms with Crippen LogP contribution in [0.25, 0.3) is 10.6 Å². The number of halogens is 1. The molecule has 1 aliphatic carbocycles. The number of carbonyl (C=O) groups excluding carboxylic acids is 1. The molecule has 1 heterocycles. The molecule has 1 aliphatic rings. The van der Waals surface area contributed by atoms with Crippen molar-refractivity contribution in [1.29, 1.82) is 0 Å². The molecule has 0 bridgehead atoms. The van der Waals surface area contributed by atoms with Crippen molar-refractivity contribution in [3.63, 3.8) is 0 Å². The molecule has 1 amide bonds. The highest BCUT2D eigenvalue weighted by molar-refractivity contribution is 7.16. The average molecular weight is 382 g/mol. The standard InChI is InChI=1S/C21H19FN2O2S/c1-26-16-10-6-14(7-11-16)13-24(15-8-9-15)21(25)19-12-23-20(27-19)17-4-2-3-5-18(17)22/h2-7,10-12,15H,8-9,13H2,1H3. The van der Waals surface area contributed by atoms with Crippen LogP contribution in [0.1, 0.15) is 28.1 Å². The van der Waals surface area contributed by atoms with Crippen molar-refractivity contribution in [3.8, 4) is 16.3 Å². The molecule has 4 nitrogen and oxygen atoms in total. The summed E-state index contributed by atoms with van der Waals surface area (Å²) in [5.41, 5.74) is 1.48. The third kappa shape index (κ3) is 3.85. The van der Waals surface area contributed by atoms with Crippen molar-refractivity contribution in [2.45, 2.75) is 25.4 Å². The summed E-state index contributed by atoms with van der Waals surface area (Å²) in [7, 11) is 1.63. The molecule has 4 rings (SSSR count). The summed E-state index contributed by atoms with van der Waals surface area (Å²) in [5.74, 6) is 0.413. The minimum atomic E-state index is -0.330. The normalized spacial score (nSPS) is 13.4. The first kappa shape index (κ1) is 17.7. The summed E-state index contributed by atoms with van der Waals surface area (Å²) in [4.78, 5) is 19.8. The van der Waals surface area contributed by atoms with Crippen LogP contribution in [0.3, 0.4) is 0 Å². The van der Waals surface area contributed by atoms with E-state index in [0.29, 0.717) is 22.0 Å². The Morgan fingerprint density at radius 3 is 2.63 bits per heavy atom. The fraction of sp³-hybridized carbons (Fsp3) is 0.238. The van der Waals surface area contributed by atoms with Gasteiger partial charge in [-0.3, -0.25) is 4.79 Å². The SMILES string of the molecule is COc1ccc(CN(C(=O)c2cnc(-c3ccccc3F)s2)C2CC2)cc1. The zero-order valence-corrected chi connectivity index (χ0v) is 15.7. The summed E-state index contributed by atoms with van der Waals surface area (Å²) >= 11 is 1.24. The monoisotopic (exact) mass is 382 g/mol. The second-order valence-electron chi connectivity index (χ2n) is 6.52. The quantitative estimate of drug-likeness (QED) is 0.617. The molecule has 27 heavy (non-hydrogen) atoms. The van der Waals surface area contributed by atoms with Gasteiger partial charge in [0.1, 0.15) is 21.5 Å². The number of hydrogen-bond donors (Lipinski definition) is 0. The van der Waals surface area contributed by atoms with E-state index in [1.165, 1.54) is 17.4 Å². The third-order valence-corrected chi connectivity index (χ3v) is 5.60. The molecule has 0 saturated heterocycles. The van der Waals surface area contributed by atoms with Crippen molar-refractivity contribution in [1.82, 2.24) is 9.88 Å². The molecule has 138 valence electrons. The van der Waals surface area contributed by atoms with E-state index in [4.69, 9.17) is 4.74 Å². The maximum absolute atomic E-state index is 14.0. The van der Waals surface area contributed by atoms with E-state index in [0.717, 1.165) is 24.2 Å². The number of amides is 1. The highest BCUT2D eigenvalue weighted by atomic mass is 32.1. The minimum Gasteiger partial charge on any atom is -0.497 e. The minimum absolute atomic E-state index is 0.0478. The summed E-state index contributed by atoms with van der Waals surface area (Å²) < 4.78 is 19.2. The van der Waals surface area contributed by atoms with Crippen LogP contribution in [0.2, 0.25) is 0 Å². The zero-order chi connectivity index (χ0) is 18.8. The molecule has 2 aromatic carbocycles. The number of methoxy groups -OCH3 is 1. The van der Waals surface area contributed by atoms with Crippen LogP contribution in [0, 0.1) is 5.82 Å². The van der Waals surface area contributed by atoms with Crippen molar-refractivity contribution < 1.29 is 13.9 Å². The predicted molar refractivity (Wildman–Crippen MR) is 103 cm³/mol. The maximum atomic E-state index is 14.0. The van der Waals surface area contributed by atoms with Crippen molar-refractivity contribution >= 4 is 17.2 Å². The number of aromatic nitrogens is 1. The lowest BCUT2D eigenvalue weighted by molar-refractivity contribution is 0.0734. The number of hydrogen-bond acceptors (Lipinski definition) is 4. The molecule has 1 fully saturated rings. The summed E-state index contributed by atoms with van der Waals surface area (Å²) in [6.07, 6.45) is 3.58. The molecule has 6 heteroatoms. The second kappa shape index (κ2) is 7.48. The molecule has 3 aromatic rings. The molecule has 0 aliphatic heterocycles. The number of carbonyl (C=O) groups is 1. The fourth-order valence-corrected chi connectivity index (χ4v) is 3.85. The van der Waals surface area contributed by atoms with Crippen molar-refractivity contribution in [2.24, 2.45) is 0 Å². The molecule has 0 N–H and O–H groups in total. The average Bonchev–Trinajstić information content (AvgIpc) is 3.42. The first-order chi connectivity index (χ1) is 13.2. The van der Waals surface area contributed by atoms with Crippen LogP contribution in [0.5, 0.6) is 5.75 Å². The van der Waals surface area contributed by atoms with E-state index in [-0.39, 0.29) is 17.8 Å². The van der Waals surface area contributed by atoms with Gasteiger partial charge in [0.05, 0.1) is 13.3 Å². The van der Waals surface area contributed by atoms with Crippen LogP contribution in [0.15, 0.2) is 54.7 Å². The first-order valence-corrected chi connectivity index (χ1v) is 9.62. The molecular formula is C21H19FN2O2S. The largest absolute Gasteiger partial charge is 0.497 e. The van der Waals surface area contributed by atoms with E-state index in [9.17, 15) is 9.18 Å². The Labute approximate surface area is 161 Å². The Bertz CT molecular complexity index is 951. The molecular weight excluding hydrogens is 363 g/mol. The number of benzene rings is 2. The smallest absolute Gasteiger partial charge is 0.266 e. The Balaban J connectivity index is 1.55. The molecule has 0 atom stereocenters. The van der Waals surface area contributed by atoms with Crippen LogP contribution in [-0.2, 0) is 6.54 Å². The maximum Gasteiger partial charge on any atom is 0.266 e. The van der Waals surface area contributed by atoms with E-state index >= 15 is 0 Å². The van der Waals surface area contributed by atoms with Gasteiger partial charge >= 0.3 is 0 Å². The van der Waals surface area contributed by atoms with Gasteiger partial charge in [-0.05, 0) is 42.7 Å². The lowest BCUT2D eigenvalue weighted by Gasteiger charge is -2.21. The molecule has 1 saturated carbocycles. The van der Waals surface area contributed by atoms with E-state index in [1.54, 1.807) is 31.5 Å². The van der Waals surface area contributed by atoms with Gasteiger partial charge in [0.2, 0.25) is 0 Å². The van der Waals surface area contributed by atoms with Gasteiger partial charge in [-0.1, -0.05) is 24.3 Å². The zero-order valence-electron chi connectivity index (χ0n) is 14.9. The van der Waals surface area contributed by atoms with Gasteiger partial charge in [-0.2, -0.15) is 0 Å². The number of rotatable bonds is 6.